The zero-order chi connectivity index (χ0) is 16.3. The number of hydrogen-bond acceptors (Lipinski definition) is 1. The van der Waals surface area contributed by atoms with Gasteiger partial charge in [0.05, 0.1) is 0 Å². The average molecular weight is 323 g/mol. The molecule has 6 rings (SSSR count). The van der Waals surface area contributed by atoms with Gasteiger partial charge in [-0.15, -0.1) is 0 Å². The molecule has 0 aromatic heterocycles. The van der Waals surface area contributed by atoms with Gasteiger partial charge in [0.15, 0.2) is 0 Å². The average Bonchev–Trinajstić information content (AvgIpc) is 2.56. The summed E-state index contributed by atoms with van der Waals surface area (Å²) in [6.45, 7) is 3.43. The maximum absolute atomic E-state index is 13.2. The van der Waals surface area contributed by atoms with Crippen LogP contribution in [0.25, 0.3) is 0 Å². The van der Waals surface area contributed by atoms with Crippen LogP contribution in [0, 0.1) is 29.1 Å². The van der Waals surface area contributed by atoms with Crippen LogP contribution in [0.4, 0.5) is 5.69 Å². The Bertz CT molecular complexity index is 650. The van der Waals surface area contributed by atoms with Gasteiger partial charge in [-0.2, -0.15) is 0 Å². The van der Waals surface area contributed by atoms with Crippen LogP contribution in [0.3, 0.4) is 0 Å². The van der Waals surface area contributed by atoms with Crippen molar-refractivity contribution in [1.82, 2.24) is 0 Å². The molecule has 0 radical (unpaired) electrons. The van der Waals surface area contributed by atoms with Crippen LogP contribution >= 0.6 is 0 Å². The summed E-state index contributed by atoms with van der Waals surface area (Å²) in [7, 11) is 0. The van der Waals surface area contributed by atoms with Crippen LogP contribution in [-0.4, -0.2) is 12.5 Å². The third kappa shape index (κ3) is 2.33. The lowest BCUT2D eigenvalue weighted by Gasteiger charge is -2.59. The summed E-state index contributed by atoms with van der Waals surface area (Å²) >= 11 is 0. The number of para-hydroxylation sites is 1. The number of anilines is 1. The second-order valence-corrected chi connectivity index (χ2v) is 9.43. The summed E-state index contributed by atoms with van der Waals surface area (Å²) < 4.78 is 0. The standard InChI is InChI=1S/C22H29NO/c1-22-12-15-9-17(13-22)19(18(10-15)14-22)11-21(24)23-8-4-6-16-5-2-3-7-20(16)23/h2-3,5,7,15,17-19H,4,6,8-14H2,1H3/t15?,17?,18?,19-,22+. The zero-order valence-corrected chi connectivity index (χ0v) is 14.8. The number of amides is 1. The van der Waals surface area contributed by atoms with Crippen LogP contribution in [0.15, 0.2) is 24.3 Å². The van der Waals surface area contributed by atoms with Crippen molar-refractivity contribution in [1.29, 1.82) is 0 Å². The SMILES string of the molecule is C[C@]12CC3CC(C1)[C@@H](CC(=O)N1CCCc4ccccc41)C(C3)C2. The molecule has 4 saturated carbocycles. The molecule has 4 fully saturated rings. The lowest BCUT2D eigenvalue weighted by molar-refractivity contribution is -0.127. The van der Waals surface area contributed by atoms with Crippen LogP contribution < -0.4 is 4.90 Å². The minimum absolute atomic E-state index is 0.393. The topological polar surface area (TPSA) is 20.3 Å². The van der Waals surface area contributed by atoms with Crippen molar-refractivity contribution in [2.24, 2.45) is 29.1 Å². The molecular weight excluding hydrogens is 294 g/mol. The second-order valence-electron chi connectivity index (χ2n) is 9.43. The van der Waals surface area contributed by atoms with E-state index in [9.17, 15) is 4.79 Å². The molecular formula is C22H29NO. The first kappa shape index (κ1) is 15.0. The molecule has 2 nitrogen and oxygen atoms in total. The monoisotopic (exact) mass is 323 g/mol. The van der Waals surface area contributed by atoms with Gasteiger partial charge in [0.25, 0.3) is 0 Å². The molecule has 4 bridgehead atoms. The van der Waals surface area contributed by atoms with E-state index in [1.807, 2.05) is 0 Å². The Morgan fingerprint density at radius 3 is 2.67 bits per heavy atom. The number of nitrogens with zero attached hydrogens (tertiary/aromatic N) is 1. The van der Waals surface area contributed by atoms with E-state index >= 15 is 0 Å². The summed E-state index contributed by atoms with van der Waals surface area (Å²) in [5, 5.41) is 0. The van der Waals surface area contributed by atoms with Crippen molar-refractivity contribution in [2.75, 3.05) is 11.4 Å². The quantitative estimate of drug-likeness (QED) is 0.764. The summed E-state index contributed by atoms with van der Waals surface area (Å²) in [5.74, 6) is 3.67. The van der Waals surface area contributed by atoms with E-state index in [4.69, 9.17) is 0 Å². The maximum atomic E-state index is 13.2. The fraction of sp³-hybridized carbons (Fsp3) is 0.682. The Labute approximate surface area is 145 Å². The van der Waals surface area contributed by atoms with Crippen LogP contribution in [0.5, 0.6) is 0 Å². The summed E-state index contributed by atoms with van der Waals surface area (Å²) in [5.41, 5.74) is 3.15. The van der Waals surface area contributed by atoms with Gasteiger partial charge in [-0.25, -0.2) is 0 Å². The Morgan fingerprint density at radius 1 is 1.17 bits per heavy atom. The van der Waals surface area contributed by atoms with E-state index in [1.54, 1.807) is 0 Å². The number of aryl methyl sites for hydroxylation is 1. The third-order valence-electron chi connectivity index (χ3n) is 7.60. The fourth-order valence-corrected chi connectivity index (χ4v) is 6.97. The minimum Gasteiger partial charge on any atom is -0.312 e. The Hall–Kier alpha value is -1.31. The molecule has 128 valence electrons. The smallest absolute Gasteiger partial charge is 0.227 e. The molecule has 0 N–H and O–H groups in total. The lowest BCUT2D eigenvalue weighted by Crippen LogP contribution is -2.51. The molecule has 1 aliphatic heterocycles. The van der Waals surface area contributed by atoms with Gasteiger partial charge in [0.1, 0.15) is 0 Å². The molecule has 2 atom stereocenters. The van der Waals surface area contributed by atoms with Crippen LogP contribution in [0.2, 0.25) is 0 Å². The highest BCUT2D eigenvalue weighted by Crippen LogP contribution is 2.62. The number of carbonyl (C=O) groups excluding carboxylic acids is 1. The molecule has 1 aromatic carbocycles. The first-order chi connectivity index (χ1) is 11.6. The Morgan fingerprint density at radius 2 is 1.92 bits per heavy atom. The van der Waals surface area contributed by atoms with E-state index in [0.29, 0.717) is 17.2 Å². The van der Waals surface area contributed by atoms with Crippen molar-refractivity contribution < 1.29 is 4.79 Å². The Kier molecular flexibility index (Phi) is 3.34. The number of hydrogen-bond donors (Lipinski definition) is 0. The predicted molar refractivity (Wildman–Crippen MR) is 96.9 cm³/mol. The van der Waals surface area contributed by atoms with E-state index in [2.05, 4.69) is 36.1 Å². The summed E-state index contributed by atoms with van der Waals surface area (Å²) in [4.78, 5) is 15.3. The molecule has 0 saturated heterocycles. The van der Waals surface area contributed by atoms with Gasteiger partial charge in [-0.05, 0) is 85.7 Å². The third-order valence-corrected chi connectivity index (χ3v) is 7.60. The van der Waals surface area contributed by atoms with Crippen LogP contribution in [-0.2, 0) is 11.2 Å². The van der Waals surface area contributed by atoms with Gasteiger partial charge < -0.3 is 4.90 Å². The zero-order valence-electron chi connectivity index (χ0n) is 14.8. The maximum Gasteiger partial charge on any atom is 0.227 e. The van der Waals surface area contributed by atoms with E-state index in [0.717, 1.165) is 43.6 Å². The molecule has 2 heteroatoms. The second kappa shape index (κ2) is 5.34. The van der Waals surface area contributed by atoms with E-state index in [1.165, 1.54) is 43.4 Å². The van der Waals surface area contributed by atoms with Crippen molar-refractivity contribution in [2.45, 2.75) is 58.3 Å². The molecule has 24 heavy (non-hydrogen) atoms. The van der Waals surface area contributed by atoms with Gasteiger partial charge in [0.2, 0.25) is 5.91 Å². The first-order valence-electron chi connectivity index (χ1n) is 10.00. The Balaban J connectivity index is 1.35. The molecule has 2 unspecified atom stereocenters. The minimum atomic E-state index is 0.393. The highest BCUT2D eigenvalue weighted by Gasteiger charge is 2.53. The summed E-state index contributed by atoms with van der Waals surface area (Å²) in [6.07, 6.45) is 10.1. The van der Waals surface area contributed by atoms with Crippen molar-refractivity contribution >= 4 is 11.6 Å². The number of rotatable bonds is 2. The van der Waals surface area contributed by atoms with Crippen molar-refractivity contribution in [3.8, 4) is 0 Å². The van der Waals surface area contributed by atoms with Crippen molar-refractivity contribution in [3.63, 3.8) is 0 Å². The van der Waals surface area contributed by atoms with E-state index in [-0.39, 0.29) is 0 Å². The number of benzene rings is 1. The molecule has 4 aliphatic carbocycles. The molecule has 5 aliphatic rings. The van der Waals surface area contributed by atoms with Gasteiger partial charge in [0, 0.05) is 18.7 Å². The predicted octanol–water partition coefficient (Wildman–Crippen LogP) is 4.82. The lowest BCUT2D eigenvalue weighted by atomic mass is 9.46. The number of fused-ring (bicyclic) bond motifs is 1. The highest BCUT2D eigenvalue weighted by atomic mass is 16.2. The normalized spacial score (nSPS) is 39.8. The molecule has 1 aromatic rings. The molecule has 0 spiro atoms. The summed E-state index contributed by atoms with van der Waals surface area (Å²) in [6, 6.07) is 8.52. The van der Waals surface area contributed by atoms with Gasteiger partial charge in [-0.3, -0.25) is 4.79 Å². The first-order valence-corrected chi connectivity index (χ1v) is 10.00. The molecule has 1 heterocycles. The van der Waals surface area contributed by atoms with Gasteiger partial charge >= 0.3 is 0 Å². The van der Waals surface area contributed by atoms with Crippen LogP contribution in [0.1, 0.15) is 57.4 Å². The van der Waals surface area contributed by atoms with E-state index < -0.39 is 0 Å². The van der Waals surface area contributed by atoms with Gasteiger partial charge in [-0.1, -0.05) is 25.1 Å². The number of carbonyl (C=O) groups is 1. The fourth-order valence-electron chi connectivity index (χ4n) is 6.97. The largest absolute Gasteiger partial charge is 0.312 e. The van der Waals surface area contributed by atoms with Crippen molar-refractivity contribution in [3.05, 3.63) is 29.8 Å². The highest BCUT2D eigenvalue weighted by molar-refractivity contribution is 5.94. The molecule has 1 amide bonds.